The van der Waals surface area contributed by atoms with Gasteiger partial charge in [-0.1, -0.05) is 6.07 Å². The molecule has 1 N–H and O–H groups in total. The average molecular weight is 365 g/mol. The Labute approximate surface area is 144 Å². The number of piperazine rings is 1. The highest BCUT2D eigenvalue weighted by Gasteiger charge is 2.36. The van der Waals surface area contributed by atoms with Crippen LogP contribution in [0.25, 0.3) is 0 Å². The topological polar surface area (TPSA) is 106 Å². The molecule has 1 fully saturated rings. The Kier molecular flexibility index (Phi) is 4.58. The molecular weight excluding hydrogens is 346 g/mol. The third kappa shape index (κ3) is 3.03. The summed E-state index contributed by atoms with van der Waals surface area (Å²) in [7, 11) is -1.40. The summed E-state index contributed by atoms with van der Waals surface area (Å²) < 4.78 is 29.5. The number of sulfonamides is 1. The average Bonchev–Trinajstić information content (AvgIpc) is 2.63. The first-order chi connectivity index (χ1) is 11.8. The van der Waals surface area contributed by atoms with Crippen molar-refractivity contribution in [3.63, 3.8) is 0 Å². The van der Waals surface area contributed by atoms with E-state index in [1.165, 1.54) is 18.4 Å². The molecule has 1 saturated heterocycles. The second-order valence-electron chi connectivity index (χ2n) is 5.87. The molecule has 0 aliphatic carbocycles. The summed E-state index contributed by atoms with van der Waals surface area (Å²) in [6.45, 7) is 1.10. The van der Waals surface area contributed by atoms with E-state index in [0.29, 0.717) is 13.1 Å². The standard InChI is InChI=1S/C15H19N5O4S/c1-18-10-13(14(21)19(2)15(18)22)25(23,24)20-7-6-17-9-12(20)11-4-3-5-16-8-11/h3-5,8,10,12,17H,6-7,9H2,1-2H3. The van der Waals surface area contributed by atoms with Gasteiger partial charge >= 0.3 is 5.69 Å². The molecule has 1 aliphatic rings. The van der Waals surface area contributed by atoms with Crippen molar-refractivity contribution in [3.8, 4) is 0 Å². The number of rotatable bonds is 3. The molecular formula is C15H19N5O4S. The molecule has 1 atom stereocenters. The second kappa shape index (κ2) is 6.54. The zero-order chi connectivity index (χ0) is 18.2. The lowest BCUT2D eigenvalue weighted by Gasteiger charge is -2.35. The lowest BCUT2D eigenvalue weighted by Crippen LogP contribution is -2.50. The molecule has 3 heterocycles. The van der Waals surface area contributed by atoms with Crippen LogP contribution in [-0.4, -0.2) is 46.5 Å². The van der Waals surface area contributed by atoms with Gasteiger partial charge in [0.05, 0.1) is 6.04 Å². The van der Waals surface area contributed by atoms with Gasteiger partial charge in [0.2, 0.25) is 0 Å². The van der Waals surface area contributed by atoms with Gasteiger partial charge in [-0.2, -0.15) is 4.31 Å². The molecule has 3 rings (SSSR count). The minimum atomic E-state index is -4.08. The Bertz CT molecular complexity index is 997. The van der Waals surface area contributed by atoms with Crippen LogP contribution < -0.4 is 16.6 Å². The van der Waals surface area contributed by atoms with Crippen molar-refractivity contribution in [3.05, 3.63) is 57.1 Å². The highest BCUT2D eigenvalue weighted by molar-refractivity contribution is 7.89. The van der Waals surface area contributed by atoms with E-state index in [4.69, 9.17) is 0 Å². The van der Waals surface area contributed by atoms with Crippen molar-refractivity contribution in [2.75, 3.05) is 19.6 Å². The molecule has 0 radical (unpaired) electrons. The molecule has 1 aliphatic heterocycles. The number of nitrogens with one attached hydrogen (secondary N) is 1. The van der Waals surface area contributed by atoms with Crippen molar-refractivity contribution in [2.45, 2.75) is 10.9 Å². The number of hydrogen-bond acceptors (Lipinski definition) is 6. The van der Waals surface area contributed by atoms with E-state index in [2.05, 4.69) is 10.3 Å². The smallest absolute Gasteiger partial charge is 0.313 e. The fourth-order valence-corrected chi connectivity index (χ4v) is 4.67. The lowest BCUT2D eigenvalue weighted by molar-refractivity contribution is 0.270. The molecule has 2 aromatic rings. The molecule has 0 spiro atoms. The number of nitrogens with zero attached hydrogens (tertiary/aromatic N) is 4. The van der Waals surface area contributed by atoms with Crippen LogP contribution in [0.1, 0.15) is 11.6 Å². The first-order valence-corrected chi connectivity index (χ1v) is 9.17. The predicted octanol–water partition coefficient (Wildman–Crippen LogP) is -1.19. The summed E-state index contributed by atoms with van der Waals surface area (Å²) in [5, 5.41) is 3.16. The van der Waals surface area contributed by atoms with E-state index in [0.717, 1.165) is 20.9 Å². The number of hydrogen-bond donors (Lipinski definition) is 1. The Morgan fingerprint density at radius 2 is 2.04 bits per heavy atom. The summed E-state index contributed by atoms with van der Waals surface area (Å²) in [6, 6.07) is 3.06. The summed E-state index contributed by atoms with van der Waals surface area (Å²) >= 11 is 0. The molecule has 9 nitrogen and oxygen atoms in total. The van der Waals surface area contributed by atoms with Crippen LogP contribution in [0.2, 0.25) is 0 Å². The highest BCUT2D eigenvalue weighted by atomic mass is 32.2. The Morgan fingerprint density at radius 1 is 1.28 bits per heavy atom. The molecule has 10 heteroatoms. The van der Waals surface area contributed by atoms with Gasteiger partial charge in [-0.15, -0.1) is 0 Å². The number of pyridine rings is 1. The van der Waals surface area contributed by atoms with Gasteiger partial charge in [0.1, 0.15) is 0 Å². The van der Waals surface area contributed by atoms with Crippen molar-refractivity contribution in [1.82, 2.24) is 23.7 Å². The van der Waals surface area contributed by atoms with Gasteiger partial charge in [-0.3, -0.25) is 14.3 Å². The van der Waals surface area contributed by atoms with E-state index in [9.17, 15) is 18.0 Å². The van der Waals surface area contributed by atoms with Crippen LogP contribution in [0.5, 0.6) is 0 Å². The quantitative estimate of drug-likeness (QED) is 0.733. The van der Waals surface area contributed by atoms with Gasteiger partial charge in [0, 0.05) is 52.3 Å². The zero-order valence-electron chi connectivity index (χ0n) is 13.9. The largest absolute Gasteiger partial charge is 0.330 e. The van der Waals surface area contributed by atoms with E-state index in [1.807, 2.05) is 0 Å². The fourth-order valence-electron chi connectivity index (χ4n) is 2.91. The zero-order valence-corrected chi connectivity index (χ0v) is 14.7. The van der Waals surface area contributed by atoms with Crippen LogP contribution in [0, 0.1) is 0 Å². The molecule has 2 aromatic heterocycles. The molecule has 0 bridgehead atoms. The lowest BCUT2D eigenvalue weighted by atomic mass is 10.1. The second-order valence-corrected chi connectivity index (χ2v) is 7.73. The van der Waals surface area contributed by atoms with Crippen molar-refractivity contribution >= 4 is 10.0 Å². The summed E-state index contributed by atoms with van der Waals surface area (Å²) in [4.78, 5) is 27.9. The number of aromatic nitrogens is 3. The normalized spacial score (nSPS) is 19.0. The van der Waals surface area contributed by atoms with Crippen LogP contribution in [0.15, 0.2) is 45.2 Å². The van der Waals surface area contributed by atoms with E-state index < -0.39 is 32.2 Å². The minimum absolute atomic E-state index is 0.216. The molecule has 1 unspecified atom stereocenters. The van der Waals surface area contributed by atoms with Gasteiger partial charge in [0.25, 0.3) is 15.6 Å². The Balaban J connectivity index is 2.13. The first kappa shape index (κ1) is 17.5. The van der Waals surface area contributed by atoms with Crippen molar-refractivity contribution in [2.24, 2.45) is 14.1 Å². The summed E-state index contributed by atoms with van der Waals surface area (Å²) in [5.41, 5.74) is -0.667. The summed E-state index contributed by atoms with van der Waals surface area (Å²) in [5.74, 6) is 0. The van der Waals surface area contributed by atoms with E-state index in [-0.39, 0.29) is 6.54 Å². The molecule has 0 aromatic carbocycles. The van der Waals surface area contributed by atoms with Crippen LogP contribution in [0.4, 0.5) is 0 Å². The van der Waals surface area contributed by atoms with Crippen molar-refractivity contribution in [1.29, 1.82) is 0 Å². The van der Waals surface area contributed by atoms with Crippen LogP contribution in [-0.2, 0) is 24.1 Å². The molecule has 0 saturated carbocycles. The molecule has 134 valence electrons. The highest BCUT2D eigenvalue weighted by Crippen LogP contribution is 2.27. The van der Waals surface area contributed by atoms with Crippen molar-refractivity contribution < 1.29 is 8.42 Å². The molecule has 25 heavy (non-hydrogen) atoms. The monoisotopic (exact) mass is 365 g/mol. The predicted molar refractivity (Wildman–Crippen MR) is 90.7 cm³/mol. The van der Waals surface area contributed by atoms with E-state index in [1.54, 1.807) is 24.5 Å². The van der Waals surface area contributed by atoms with Crippen LogP contribution in [0.3, 0.4) is 0 Å². The maximum Gasteiger partial charge on any atom is 0.330 e. The van der Waals surface area contributed by atoms with Gasteiger partial charge in [-0.05, 0) is 11.6 Å². The number of aryl methyl sites for hydroxylation is 1. The summed E-state index contributed by atoms with van der Waals surface area (Å²) in [6.07, 6.45) is 4.31. The van der Waals surface area contributed by atoms with Gasteiger partial charge in [0.15, 0.2) is 4.90 Å². The first-order valence-electron chi connectivity index (χ1n) is 7.73. The minimum Gasteiger partial charge on any atom is -0.313 e. The fraction of sp³-hybridized carbons (Fsp3) is 0.400. The molecule has 0 amide bonds. The van der Waals surface area contributed by atoms with Gasteiger partial charge in [-0.25, -0.2) is 13.2 Å². The maximum absolute atomic E-state index is 13.2. The third-order valence-corrected chi connectivity index (χ3v) is 6.16. The third-order valence-electron chi connectivity index (χ3n) is 4.27. The van der Waals surface area contributed by atoms with Crippen LogP contribution >= 0.6 is 0 Å². The maximum atomic E-state index is 13.2. The SMILES string of the molecule is Cn1cc(S(=O)(=O)N2CCNCC2c2cccnc2)c(=O)n(C)c1=O. The Morgan fingerprint density at radius 3 is 2.72 bits per heavy atom. The van der Waals surface area contributed by atoms with Gasteiger partial charge < -0.3 is 9.88 Å². The van der Waals surface area contributed by atoms with E-state index >= 15 is 0 Å². The Hall–Kier alpha value is -2.30.